The summed E-state index contributed by atoms with van der Waals surface area (Å²) in [6.07, 6.45) is 2.39. The highest BCUT2D eigenvalue weighted by Crippen LogP contribution is 2.38. The molecule has 2 aromatic rings. The van der Waals surface area contributed by atoms with E-state index in [1.54, 1.807) is 0 Å². The van der Waals surface area contributed by atoms with Gasteiger partial charge in [0.1, 0.15) is 12.4 Å². The first kappa shape index (κ1) is 20.6. The quantitative estimate of drug-likeness (QED) is 0.678. The van der Waals surface area contributed by atoms with Crippen LogP contribution in [0.25, 0.3) is 0 Å². The summed E-state index contributed by atoms with van der Waals surface area (Å²) in [7, 11) is 0. The lowest BCUT2D eigenvalue weighted by atomic mass is 9.85. The number of hydrogen-bond donors (Lipinski definition) is 1. The van der Waals surface area contributed by atoms with Gasteiger partial charge in [-0.1, -0.05) is 35.9 Å². The molecule has 30 heavy (non-hydrogen) atoms. The fourth-order valence-electron chi connectivity index (χ4n) is 4.34. The first-order chi connectivity index (χ1) is 14.5. The number of aryl methyl sites for hydroxylation is 2. The van der Waals surface area contributed by atoms with Crippen LogP contribution in [0.4, 0.5) is 0 Å². The topological polar surface area (TPSA) is 41.6 Å². The van der Waals surface area contributed by atoms with Gasteiger partial charge in [0.05, 0.1) is 6.04 Å². The van der Waals surface area contributed by atoms with Gasteiger partial charge in [0.25, 0.3) is 0 Å². The summed E-state index contributed by atoms with van der Waals surface area (Å²) in [6, 6.07) is 14.2. The van der Waals surface area contributed by atoms with E-state index in [-0.39, 0.29) is 11.8 Å². The van der Waals surface area contributed by atoms with E-state index < -0.39 is 0 Å². The average Bonchev–Trinajstić information content (AvgIpc) is 2.74. The van der Waals surface area contributed by atoms with E-state index >= 15 is 0 Å². The van der Waals surface area contributed by atoms with E-state index in [1.807, 2.05) is 24.3 Å². The molecule has 0 saturated carbocycles. The monoisotopic (exact) mass is 420 g/mol. The molecule has 1 unspecified atom stereocenters. The highest BCUT2D eigenvalue weighted by Gasteiger charge is 2.36. The molecule has 0 spiro atoms. The summed E-state index contributed by atoms with van der Waals surface area (Å²) in [6.45, 7) is 7.55. The smallest absolute Gasteiger partial charge is 0.173 e. The van der Waals surface area contributed by atoms with Gasteiger partial charge < -0.3 is 15.0 Å². The molecule has 0 bridgehead atoms. The molecular formula is C25H28N2O2S. The van der Waals surface area contributed by atoms with Crippen molar-refractivity contribution < 1.29 is 9.53 Å². The van der Waals surface area contributed by atoms with Crippen LogP contribution in [0.5, 0.6) is 5.75 Å². The number of rotatable bonds is 5. The van der Waals surface area contributed by atoms with Gasteiger partial charge in [-0.15, -0.1) is 0 Å². The molecule has 0 amide bonds. The number of nitrogens with one attached hydrogen (secondary N) is 1. The number of hydrogen-bond acceptors (Lipinski definition) is 3. The molecule has 5 heteroatoms. The Hall–Kier alpha value is -2.66. The Morgan fingerprint density at radius 2 is 2.00 bits per heavy atom. The van der Waals surface area contributed by atoms with Crippen LogP contribution in [-0.2, 0) is 11.4 Å². The van der Waals surface area contributed by atoms with Crippen LogP contribution in [0.2, 0.25) is 0 Å². The zero-order chi connectivity index (χ0) is 21.3. The van der Waals surface area contributed by atoms with Crippen molar-refractivity contribution in [2.24, 2.45) is 0 Å². The van der Waals surface area contributed by atoms with Crippen molar-refractivity contribution in [1.82, 2.24) is 10.2 Å². The Kier molecular flexibility index (Phi) is 5.91. The first-order valence-electron chi connectivity index (χ1n) is 10.6. The van der Waals surface area contributed by atoms with Crippen molar-refractivity contribution in [2.45, 2.75) is 52.7 Å². The number of ether oxygens (including phenoxy) is 1. The molecule has 1 N–H and O–H groups in total. The van der Waals surface area contributed by atoms with Gasteiger partial charge in [0, 0.05) is 24.2 Å². The van der Waals surface area contributed by atoms with Crippen molar-refractivity contribution in [1.29, 1.82) is 0 Å². The normalized spacial score (nSPS) is 18.9. The number of Topliss-reactive ketones (excluding diaryl/α,β-unsaturated/α-hetero) is 1. The number of carbonyl (C=O) groups is 1. The number of ketones is 1. The van der Waals surface area contributed by atoms with Crippen LogP contribution in [-0.4, -0.2) is 22.3 Å². The SMILES string of the molecule is CCN1C(=S)NC(c2cccc(OCc3cc(C)ccc3C)c2)C2=C1CCCC2=O. The summed E-state index contributed by atoms with van der Waals surface area (Å²) >= 11 is 5.62. The van der Waals surface area contributed by atoms with Crippen LogP contribution in [0, 0.1) is 13.8 Å². The van der Waals surface area contributed by atoms with Gasteiger partial charge in [0.2, 0.25) is 0 Å². The average molecular weight is 421 g/mol. The summed E-state index contributed by atoms with van der Waals surface area (Å²) in [5, 5.41) is 4.10. The van der Waals surface area contributed by atoms with Gasteiger partial charge in [-0.25, -0.2) is 0 Å². The van der Waals surface area contributed by atoms with Crippen LogP contribution in [0.3, 0.4) is 0 Å². The summed E-state index contributed by atoms with van der Waals surface area (Å²) in [5.74, 6) is 1.01. The fourth-order valence-corrected chi connectivity index (χ4v) is 4.69. The predicted molar refractivity (Wildman–Crippen MR) is 123 cm³/mol. The highest BCUT2D eigenvalue weighted by molar-refractivity contribution is 7.80. The highest BCUT2D eigenvalue weighted by atomic mass is 32.1. The van der Waals surface area contributed by atoms with Gasteiger partial charge in [-0.05, 0) is 74.7 Å². The molecule has 4 rings (SSSR count). The lowest BCUT2D eigenvalue weighted by Crippen LogP contribution is -2.49. The number of allylic oxidation sites excluding steroid dienone is 1. The Morgan fingerprint density at radius 1 is 1.17 bits per heavy atom. The second kappa shape index (κ2) is 8.60. The van der Waals surface area contributed by atoms with Crippen LogP contribution in [0.1, 0.15) is 54.5 Å². The fraction of sp³-hybridized carbons (Fsp3) is 0.360. The van der Waals surface area contributed by atoms with Gasteiger partial charge in [-0.2, -0.15) is 0 Å². The molecule has 0 aromatic heterocycles. The van der Waals surface area contributed by atoms with Crippen LogP contribution < -0.4 is 10.1 Å². The second-order valence-electron chi connectivity index (χ2n) is 8.05. The standard InChI is InChI=1S/C25H28N2O2S/c1-4-27-21-9-6-10-22(28)23(21)24(26-25(27)30)18-7-5-8-20(14-18)29-15-19-13-16(2)11-12-17(19)3/h5,7-8,11-14,24H,4,6,9-10,15H2,1-3H3,(H,26,30). The van der Waals surface area contributed by atoms with Crippen LogP contribution >= 0.6 is 12.2 Å². The molecule has 156 valence electrons. The van der Waals surface area contributed by atoms with Crippen LogP contribution in [0.15, 0.2) is 53.7 Å². The lowest BCUT2D eigenvalue weighted by molar-refractivity contribution is -0.116. The predicted octanol–water partition coefficient (Wildman–Crippen LogP) is 5.14. The minimum atomic E-state index is -0.215. The minimum Gasteiger partial charge on any atom is -0.489 e. The summed E-state index contributed by atoms with van der Waals surface area (Å²) in [4.78, 5) is 14.9. The number of nitrogens with zero attached hydrogens (tertiary/aromatic N) is 1. The first-order valence-corrected chi connectivity index (χ1v) is 11.0. The molecule has 1 aliphatic heterocycles. The zero-order valence-corrected chi connectivity index (χ0v) is 18.6. The van der Waals surface area contributed by atoms with Gasteiger partial charge in [-0.3, -0.25) is 4.79 Å². The van der Waals surface area contributed by atoms with E-state index in [0.717, 1.165) is 42.0 Å². The van der Waals surface area contributed by atoms with Crippen molar-refractivity contribution in [3.63, 3.8) is 0 Å². The number of thiocarbonyl (C=S) groups is 1. The van der Waals surface area contributed by atoms with E-state index in [2.05, 4.69) is 49.2 Å². The molecule has 1 aliphatic carbocycles. The minimum absolute atomic E-state index is 0.215. The molecule has 1 heterocycles. The Balaban J connectivity index is 1.62. The lowest BCUT2D eigenvalue weighted by Gasteiger charge is -2.40. The van der Waals surface area contributed by atoms with Gasteiger partial charge >= 0.3 is 0 Å². The zero-order valence-electron chi connectivity index (χ0n) is 17.8. The van der Waals surface area contributed by atoms with E-state index in [1.165, 1.54) is 16.7 Å². The second-order valence-corrected chi connectivity index (χ2v) is 8.44. The Labute approximate surface area is 183 Å². The molecule has 2 aliphatic rings. The molecule has 0 fully saturated rings. The molecule has 0 saturated heterocycles. The maximum atomic E-state index is 12.8. The Bertz CT molecular complexity index is 1030. The van der Waals surface area contributed by atoms with E-state index in [4.69, 9.17) is 17.0 Å². The molecule has 0 radical (unpaired) electrons. The Morgan fingerprint density at radius 3 is 2.80 bits per heavy atom. The van der Waals surface area contributed by atoms with Gasteiger partial charge in [0.15, 0.2) is 10.9 Å². The summed E-state index contributed by atoms with van der Waals surface area (Å²) < 4.78 is 6.12. The number of benzene rings is 2. The van der Waals surface area contributed by atoms with Crippen molar-refractivity contribution in [3.8, 4) is 5.75 Å². The van der Waals surface area contributed by atoms with Crippen molar-refractivity contribution >= 4 is 23.1 Å². The number of carbonyl (C=O) groups excluding carboxylic acids is 1. The third kappa shape index (κ3) is 3.99. The van der Waals surface area contributed by atoms with Crippen molar-refractivity contribution in [2.75, 3.05) is 6.54 Å². The molecule has 1 atom stereocenters. The molecule has 2 aromatic carbocycles. The maximum Gasteiger partial charge on any atom is 0.173 e. The van der Waals surface area contributed by atoms with E-state index in [9.17, 15) is 4.79 Å². The largest absolute Gasteiger partial charge is 0.489 e. The molecular weight excluding hydrogens is 392 g/mol. The third-order valence-electron chi connectivity index (χ3n) is 5.96. The summed E-state index contributed by atoms with van der Waals surface area (Å²) in [5.41, 5.74) is 6.59. The maximum absolute atomic E-state index is 12.8. The molecule has 4 nitrogen and oxygen atoms in total. The third-order valence-corrected chi connectivity index (χ3v) is 6.30. The van der Waals surface area contributed by atoms with E-state index in [0.29, 0.717) is 18.1 Å². The van der Waals surface area contributed by atoms with Crippen molar-refractivity contribution in [3.05, 3.63) is 76.0 Å².